The van der Waals surface area contributed by atoms with Crippen LogP contribution in [0.3, 0.4) is 0 Å². The minimum absolute atomic E-state index is 0.00692. The second-order valence-electron chi connectivity index (χ2n) is 5.32. The highest BCUT2D eigenvalue weighted by atomic mass is 32.1. The average Bonchev–Trinajstić information content (AvgIpc) is 2.95. The Balaban J connectivity index is 1.74. The van der Waals surface area contributed by atoms with Crippen molar-refractivity contribution in [3.8, 4) is 0 Å². The molecule has 120 valence electrons. The first-order chi connectivity index (χ1) is 11.1. The van der Waals surface area contributed by atoms with Crippen LogP contribution in [0, 0.1) is 6.92 Å². The number of carbonyl (C=O) groups is 2. The van der Waals surface area contributed by atoms with Crippen LogP contribution in [0.1, 0.15) is 11.3 Å². The number of nitrogens with zero attached hydrogens (tertiary/aromatic N) is 2. The van der Waals surface area contributed by atoms with Gasteiger partial charge in [-0.3, -0.25) is 9.59 Å². The lowest BCUT2D eigenvalue weighted by Crippen LogP contribution is -2.54. The molecule has 1 fully saturated rings. The van der Waals surface area contributed by atoms with Crippen LogP contribution in [-0.2, 0) is 20.9 Å². The SMILES string of the molecule is Cc1csc(NC(=O)C2COCC(=O)N2Cc2ccccc2)n1. The van der Waals surface area contributed by atoms with Gasteiger partial charge in [-0.2, -0.15) is 0 Å². The minimum atomic E-state index is -0.652. The zero-order valence-corrected chi connectivity index (χ0v) is 13.5. The number of benzene rings is 1. The number of anilines is 1. The predicted molar refractivity (Wildman–Crippen MR) is 87.1 cm³/mol. The summed E-state index contributed by atoms with van der Waals surface area (Å²) in [6.07, 6.45) is 0. The quantitative estimate of drug-likeness (QED) is 0.927. The van der Waals surface area contributed by atoms with Crippen molar-refractivity contribution in [2.24, 2.45) is 0 Å². The monoisotopic (exact) mass is 331 g/mol. The van der Waals surface area contributed by atoms with Crippen molar-refractivity contribution in [3.63, 3.8) is 0 Å². The van der Waals surface area contributed by atoms with Crippen LogP contribution in [0.25, 0.3) is 0 Å². The molecule has 1 atom stereocenters. The molecule has 2 amide bonds. The van der Waals surface area contributed by atoms with Gasteiger partial charge in [0.25, 0.3) is 5.91 Å². The molecule has 1 aromatic carbocycles. The second-order valence-corrected chi connectivity index (χ2v) is 6.18. The lowest BCUT2D eigenvalue weighted by molar-refractivity contribution is -0.154. The van der Waals surface area contributed by atoms with E-state index in [1.807, 2.05) is 42.6 Å². The molecule has 1 aliphatic rings. The summed E-state index contributed by atoms with van der Waals surface area (Å²) in [6, 6.07) is 8.95. The number of ether oxygens (including phenoxy) is 1. The summed E-state index contributed by atoms with van der Waals surface area (Å²) < 4.78 is 5.26. The maximum atomic E-state index is 12.5. The minimum Gasteiger partial charge on any atom is -0.369 e. The van der Waals surface area contributed by atoms with Crippen LogP contribution in [0.2, 0.25) is 0 Å². The number of aryl methyl sites for hydroxylation is 1. The number of hydrogen-bond donors (Lipinski definition) is 1. The van der Waals surface area contributed by atoms with E-state index in [-0.39, 0.29) is 25.0 Å². The Kier molecular flexibility index (Phi) is 4.68. The molecule has 2 aromatic rings. The lowest BCUT2D eigenvalue weighted by atomic mass is 10.1. The number of nitrogens with one attached hydrogen (secondary N) is 1. The molecule has 1 saturated heterocycles. The third-order valence-electron chi connectivity index (χ3n) is 3.55. The van der Waals surface area contributed by atoms with Crippen molar-refractivity contribution in [1.82, 2.24) is 9.88 Å². The first-order valence-corrected chi connectivity index (χ1v) is 8.15. The van der Waals surface area contributed by atoms with Crippen molar-refractivity contribution in [3.05, 3.63) is 47.0 Å². The Hall–Kier alpha value is -2.25. The molecule has 1 unspecified atom stereocenters. The van der Waals surface area contributed by atoms with Crippen molar-refractivity contribution in [2.45, 2.75) is 19.5 Å². The van der Waals surface area contributed by atoms with Crippen LogP contribution in [0.15, 0.2) is 35.7 Å². The van der Waals surface area contributed by atoms with Gasteiger partial charge in [0.05, 0.1) is 12.3 Å². The number of rotatable bonds is 4. The molecule has 6 nitrogen and oxygen atoms in total. The fraction of sp³-hybridized carbons (Fsp3) is 0.312. The predicted octanol–water partition coefficient (Wildman–Crippen LogP) is 1.82. The topological polar surface area (TPSA) is 71.5 Å². The van der Waals surface area contributed by atoms with Crippen molar-refractivity contribution in [1.29, 1.82) is 0 Å². The molecule has 0 radical (unpaired) electrons. The average molecular weight is 331 g/mol. The largest absolute Gasteiger partial charge is 0.369 e. The molecule has 1 N–H and O–H groups in total. The third-order valence-corrected chi connectivity index (χ3v) is 4.42. The van der Waals surface area contributed by atoms with Gasteiger partial charge in [-0.25, -0.2) is 4.98 Å². The summed E-state index contributed by atoms with van der Waals surface area (Å²) in [5.74, 6) is -0.459. The van der Waals surface area contributed by atoms with E-state index in [0.717, 1.165) is 11.3 Å². The van der Waals surface area contributed by atoms with E-state index in [9.17, 15) is 9.59 Å². The van der Waals surface area contributed by atoms with E-state index in [0.29, 0.717) is 11.7 Å². The smallest absolute Gasteiger partial charge is 0.251 e. The highest BCUT2D eigenvalue weighted by Gasteiger charge is 2.34. The zero-order chi connectivity index (χ0) is 16.2. The van der Waals surface area contributed by atoms with E-state index in [2.05, 4.69) is 10.3 Å². The van der Waals surface area contributed by atoms with Crippen LogP contribution >= 0.6 is 11.3 Å². The van der Waals surface area contributed by atoms with Crippen molar-refractivity contribution in [2.75, 3.05) is 18.5 Å². The van der Waals surface area contributed by atoms with E-state index in [1.54, 1.807) is 4.90 Å². The van der Waals surface area contributed by atoms with Crippen LogP contribution in [0.5, 0.6) is 0 Å². The Labute approximate surface area is 138 Å². The Morgan fingerprint density at radius 1 is 1.43 bits per heavy atom. The number of amides is 2. The summed E-state index contributed by atoms with van der Waals surface area (Å²) in [5.41, 5.74) is 1.83. The van der Waals surface area contributed by atoms with Crippen LogP contribution in [0.4, 0.5) is 5.13 Å². The van der Waals surface area contributed by atoms with Gasteiger partial charge in [-0.1, -0.05) is 30.3 Å². The van der Waals surface area contributed by atoms with Gasteiger partial charge in [0, 0.05) is 11.9 Å². The van der Waals surface area contributed by atoms with E-state index < -0.39 is 6.04 Å². The van der Waals surface area contributed by atoms with Gasteiger partial charge in [-0.15, -0.1) is 11.3 Å². The standard InChI is InChI=1S/C16H17N3O3S/c1-11-10-23-16(17-11)18-15(21)13-8-22-9-14(20)19(13)7-12-5-3-2-4-6-12/h2-6,10,13H,7-9H2,1H3,(H,17,18,21). The van der Waals surface area contributed by atoms with Crippen molar-refractivity contribution < 1.29 is 14.3 Å². The van der Waals surface area contributed by atoms with Crippen LogP contribution in [-0.4, -0.2) is 41.0 Å². The first-order valence-electron chi connectivity index (χ1n) is 7.27. The Bertz CT molecular complexity index is 702. The van der Waals surface area contributed by atoms with Gasteiger partial charge in [-0.05, 0) is 12.5 Å². The molecule has 23 heavy (non-hydrogen) atoms. The summed E-state index contributed by atoms with van der Waals surface area (Å²) in [4.78, 5) is 30.5. The van der Waals surface area contributed by atoms with E-state index >= 15 is 0 Å². The van der Waals surface area contributed by atoms with Gasteiger partial charge >= 0.3 is 0 Å². The number of hydrogen-bond acceptors (Lipinski definition) is 5. The third kappa shape index (κ3) is 3.75. The van der Waals surface area contributed by atoms with Gasteiger partial charge in [0.1, 0.15) is 12.6 Å². The molecule has 3 rings (SSSR count). The number of thiazole rings is 1. The number of morpholine rings is 1. The molecule has 0 aliphatic carbocycles. The maximum Gasteiger partial charge on any atom is 0.251 e. The fourth-order valence-corrected chi connectivity index (χ4v) is 3.09. The van der Waals surface area contributed by atoms with Crippen LogP contribution < -0.4 is 5.32 Å². The summed E-state index contributed by atoms with van der Waals surface area (Å²) in [5, 5.41) is 5.16. The zero-order valence-electron chi connectivity index (χ0n) is 12.7. The molecule has 2 heterocycles. The first kappa shape index (κ1) is 15.6. The Morgan fingerprint density at radius 2 is 2.22 bits per heavy atom. The molecule has 7 heteroatoms. The highest BCUT2D eigenvalue weighted by Crippen LogP contribution is 2.18. The van der Waals surface area contributed by atoms with Crippen molar-refractivity contribution >= 4 is 28.3 Å². The lowest BCUT2D eigenvalue weighted by Gasteiger charge is -2.34. The number of carbonyl (C=O) groups excluding carboxylic acids is 2. The molecule has 0 bridgehead atoms. The molecule has 0 spiro atoms. The van der Waals surface area contributed by atoms with Gasteiger partial charge in [0.15, 0.2) is 5.13 Å². The fourth-order valence-electron chi connectivity index (χ4n) is 2.40. The summed E-state index contributed by atoms with van der Waals surface area (Å²) >= 11 is 1.36. The molecular weight excluding hydrogens is 314 g/mol. The van der Waals surface area contributed by atoms with E-state index in [1.165, 1.54) is 11.3 Å². The number of aromatic nitrogens is 1. The van der Waals surface area contributed by atoms with Gasteiger partial charge < -0.3 is 15.0 Å². The van der Waals surface area contributed by atoms with Gasteiger partial charge in [0.2, 0.25) is 5.91 Å². The summed E-state index contributed by atoms with van der Waals surface area (Å²) in [7, 11) is 0. The second kappa shape index (κ2) is 6.89. The molecule has 1 aromatic heterocycles. The summed E-state index contributed by atoms with van der Waals surface area (Å²) in [6.45, 7) is 2.45. The highest BCUT2D eigenvalue weighted by molar-refractivity contribution is 7.13. The molecular formula is C16H17N3O3S. The normalized spacial score (nSPS) is 18.0. The molecule has 1 aliphatic heterocycles. The maximum absolute atomic E-state index is 12.5. The van der Waals surface area contributed by atoms with E-state index in [4.69, 9.17) is 4.74 Å². The molecule has 0 saturated carbocycles. The Morgan fingerprint density at radius 3 is 2.91 bits per heavy atom.